The Labute approximate surface area is 73.1 Å². The van der Waals surface area contributed by atoms with Crippen LogP contribution in [0.1, 0.15) is 32.1 Å². The van der Waals surface area contributed by atoms with E-state index in [4.69, 9.17) is 10.5 Å². The van der Waals surface area contributed by atoms with Crippen LogP contribution in [0.2, 0.25) is 0 Å². The molecule has 2 nitrogen and oxygen atoms in total. The largest absolute Gasteiger partial charge is 0.197 e. The Kier molecular flexibility index (Phi) is 2.88. The fourth-order valence-electron chi connectivity index (χ4n) is 1.46. The first-order valence-electron chi connectivity index (χ1n) is 4.30. The molecule has 1 aliphatic carbocycles. The third kappa shape index (κ3) is 1.86. The lowest BCUT2D eigenvalue weighted by Gasteiger charge is -2.18. The van der Waals surface area contributed by atoms with Gasteiger partial charge in [-0.05, 0) is 32.1 Å². The fraction of sp³-hybridized carbons (Fsp3) is 0.600. The van der Waals surface area contributed by atoms with E-state index in [0.29, 0.717) is 6.42 Å². The second-order valence-electron chi connectivity index (χ2n) is 3.21. The first-order valence-corrected chi connectivity index (χ1v) is 4.30. The molecule has 0 aliphatic heterocycles. The van der Waals surface area contributed by atoms with E-state index in [9.17, 15) is 0 Å². The van der Waals surface area contributed by atoms with Crippen LogP contribution < -0.4 is 0 Å². The summed E-state index contributed by atoms with van der Waals surface area (Å²) in [5, 5.41) is 17.7. The summed E-state index contributed by atoms with van der Waals surface area (Å²) in [6, 6.07) is 4.28. The van der Waals surface area contributed by atoms with Gasteiger partial charge in [0.05, 0.1) is 12.1 Å². The van der Waals surface area contributed by atoms with Crippen molar-refractivity contribution in [2.45, 2.75) is 32.1 Å². The summed E-state index contributed by atoms with van der Waals surface area (Å²) in [5.41, 5.74) is -0.704. The molecular formula is C10H12N2. The molecule has 0 radical (unpaired) electrons. The van der Waals surface area contributed by atoms with Crippen LogP contribution in [-0.4, -0.2) is 0 Å². The van der Waals surface area contributed by atoms with Crippen molar-refractivity contribution in [1.82, 2.24) is 0 Å². The van der Waals surface area contributed by atoms with Crippen LogP contribution in [0.3, 0.4) is 0 Å². The summed E-state index contributed by atoms with van der Waals surface area (Å²) in [6.07, 6.45) is 8.45. The summed E-state index contributed by atoms with van der Waals surface area (Å²) in [6.45, 7) is 0. The Balaban J connectivity index is 2.71. The van der Waals surface area contributed by atoms with Gasteiger partial charge in [-0.25, -0.2) is 0 Å². The molecule has 1 aliphatic rings. The fourth-order valence-corrected chi connectivity index (χ4v) is 1.46. The monoisotopic (exact) mass is 160 g/mol. The molecule has 0 unspecified atom stereocenters. The number of nitrogens with zero attached hydrogens (tertiary/aromatic N) is 2. The SMILES string of the molecule is N#CC1(C#N)CC/C=C\CCC1. The predicted molar refractivity (Wildman–Crippen MR) is 45.9 cm³/mol. The lowest BCUT2D eigenvalue weighted by molar-refractivity contribution is 0.424. The number of allylic oxidation sites excluding steroid dienone is 2. The zero-order valence-corrected chi connectivity index (χ0v) is 7.08. The molecule has 0 amide bonds. The standard InChI is InChI=1S/C10H12N2/c11-8-10(9-12)6-4-2-1-3-5-7-10/h1-2H,3-7H2/b2-1-. The molecule has 0 fully saturated rings. The van der Waals surface area contributed by atoms with Gasteiger partial charge in [-0.15, -0.1) is 0 Å². The maximum atomic E-state index is 8.86. The van der Waals surface area contributed by atoms with Gasteiger partial charge in [0, 0.05) is 0 Å². The average molecular weight is 160 g/mol. The Morgan fingerprint density at radius 1 is 1.00 bits per heavy atom. The highest BCUT2D eigenvalue weighted by molar-refractivity contribution is 5.14. The first-order chi connectivity index (χ1) is 5.83. The Morgan fingerprint density at radius 3 is 2.33 bits per heavy atom. The van der Waals surface area contributed by atoms with Crippen molar-refractivity contribution in [1.29, 1.82) is 10.5 Å². The summed E-state index contributed by atoms with van der Waals surface area (Å²) < 4.78 is 0. The molecule has 0 N–H and O–H groups in total. The van der Waals surface area contributed by atoms with Crippen LogP contribution in [-0.2, 0) is 0 Å². The van der Waals surface area contributed by atoms with Gasteiger partial charge in [0.15, 0.2) is 0 Å². The lowest BCUT2D eigenvalue weighted by Crippen LogP contribution is -2.16. The quantitative estimate of drug-likeness (QED) is 0.511. The van der Waals surface area contributed by atoms with Crippen molar-refractivity contribution in [2.24, 2.45) is 5.41 Å². The summed E-state index contributed by atoms with van der Waals surface area (Å²) >= 11 is 0. The van der Waals surface area contributed by atoms with Crippen LogP contribution in [0.5, 0.6) is 0 Å². The Bertz CT molecular complexity index is 238. The second-order valence-corrected chi connectivity index (χ2v) is 3.21. The van der Waals surface area contributed by atoms with Crippen molar-refractivity contribution in [3.05, 3.63) is 12.2 Å². The maximum absolute atomic E-state index is 8.86. The molecule has 62 valence electrons. The van der Waals surface area contributed by atoms with Gasteiger partial charge in [0.1, 0.15) is 5.41 Å². The molecule has 12 heavy (non-hydrogen) atoms. The van der Waals surface area contributed by atoms with Gasteiger partial charge in [-0.2, -0.15) is 10.5 Å². The van der Waals surface area contributed by atoms with Gasteiger partial charge >= 0.3 is 0 Å². The first kappa shape index (κ1) is 8.81. The molecule has 1 rings (SSSR count). The second kappa shape index (κ2) is 3.93. The van der Waals surface area contributed by atoms with E-state index in [1.807, 2.05) is 0 Å². The van der Waals surface area contributed by atoms with Crippen molar-refractivity contribution in [3.8, 4) is 12.1 Å². The highest BCUT2D eigenvalue weighted by atomic mass is 14.4. The van der Waals surface area contributed by atoms with E-state index in [-0.39, 0.29) is 0 Å². The van der Waals surface area contributed by atoms with Crippen LogP contribution in [0, 0.1) is 28.1 Å². The molecule has 0 saturated heterocycles. The topological polar surface area (TPSA) is 47.6 Å². The zero-order chi connectivity index (χ0) is 8.86. The van der Waals surface area contributed by atoms with Crippen molar-refractivity contribution in [2.75, 3.05) is 0 Å². The average Bonchev–Trinajstić information content (AvgIpc) is 2.06. The summed E-state index contributed by atoms with van der Waals surface area (Å²) in [7, 11) is 0. The van der Waals surface area contributed by atoms with Gasteiger partial charge < -0.3 is 0 Å². The van der Waals surface area contributed by atoms with Crippen LogP contribution in [0.4, 0.5) is 0 Å². The highest BCUT2D eigenvalue weighted by Gasteiger charge is 2.28. The molecule has 0 aromatic carbocycles. The van der Waals surface area contributed by atoms with E-state index in [1.54, 1.807) is 0 Å². The third-order valence-corrected chi connectivity index (χ3v) is 2.31. The molecule has 0 heterocycles. The van der Waals surface area contributed by atoms with Gasteiger partial charge in [0.25, 0.3) is 0 Å². The smallest absolute Gasteiger partial charge is 0.144 e. The molecule has 0 bridgehead atoms. The molecule has 0 saturated carbocycles. The van der Waals surface area contributed by atoms with E-state index in [0.717, 1.165) is 25.7 Å². The van der Waals surface area contributed by atoms with Crippen LogP contribution in [0.15, 0.2) is 12.2 Å². The molecule has 2 heteroatoms. The number of rotatable bonds is 0. The van der Waals surface area contributed by atoms with Gasteiger partial charge in [0.2, 0.25) is 0 Å². The zero-order valence-electron chi connectivity index (χ0n) is 7.08. The molecule has 0 aromatic rings. The third-order valence-electron chi connectivity index (χ3n) is 2.31. The molecule has 0 atom stereocenters. The molecule has 0 spiro atoms. The molecular weight excluding hydrogens is 148 g/mol. The van der Waals surface area contributed by atoms with E-state index < -0.39 is 5.41 Å². The van der Waals surface area contributed by atoms with Crippen molar-refractivity contribution in [3.63, 3.8) is 0 Å². The number of hydrogen-bond donors (Lipinski definition) is 0. The number of nitriles is 2. The lowest BCUT2D eigenvalue weighted by atomic mass is 9.80. The van der Waals surface area contributed by atoms with Crippen LogP contribution in [0.25, 0.3) is 0 Å². The van der Waals surface area contributed by atoms with Gasteiger partial charge in [-0.3, -0.25) is 0 Å². The normalized spacial score (nSPS) is 24.2. The summed E-state index contributed by atoms with van der Waals surface area (Å²) in [4.78, 5) is 0. The minimum Gasteiger partial charge on any atom is -0.197 e. The van der Waals surface area contributed by atoms with Crippen molar-refractivity contribution < 1.29 is 0 Å². The molecule has 0 aromatic heterocycles. The Morgan fingerprint density at radius 2 is 1.67 bits per heavy atom. The van der Waals surface area contributed by atoms with E-state index in [2.05, 4.69) is 24.3 Å². The number of hydrogen-bond acceptors (Lipinski definition) is 2. The highest BCUT2D eigenvalue weighted by Crippen LogP contribution is 2.30. The van der Waals surface area contributed by atoms with E-state index in [1.165, 1.54) is 0 Å². The predicted octanol–water partition coefficient (Wildman–Crippen LogP) is 2.54. The minimum absolute atomic E-state index is 0.691. The van der Waals surface area contributed by atoms with Crippen molar-refractivity contribution >= 4 is 0 Å². The maximum Gasteiger partial charge on any atom is 0.144 e. The Hall–Kier alpha value is -1.28. The minimum atomic E-state index is -0.704. The van der Waals surface area contributed by atoms with Crippen LogP contribution >= 0.6 is 0 Å². The van der Waals surface area contributed by atoms with Gasteiger partial charge in [-0.1, -0.05) is 12.2 Å². The summed E-state index contributed by atoms with van der Waals surface area (Å²) in [5.74, 6) is 0. The van der Waals surface area contributed by atoms with E-state index >= 15 is 0 Å².